The third kappa shape index (κ3) is 4.54. The third-order valence-corrected chi connectivity index (χ3v) is 5.08. The predicted molar refractivity (Wildman–Crippen MR) is 96.7 cm³/mol. The van der Waals surface area contributed by atoms with Crippen LogP contribution in [0.15, 0.2) is 47.1 Å². The van der Waals surface area contributed by atoms with Crippen LogP contribution in [-0.2, 0) is 16.0 Å². The van der Waals surface area contributed by atoms with E-state index in [0.717, 1.165) is 0 Å². The molecule has 0 spiro atoms. The molecule has 0 atom stereocenters. The highest BCUT2D eigenvalue weighted by molar-refractivity contribution is 5.91. The van der Waals surface area contributed by atoms with Gasteiger partial charge in [-0.15, -0.1) is 0 Å². The summed E-state index contributed by atoms with van der Waals surface area (Å²) in [5.41, 5.74) is -0.131. The second kappa shape index (κ2) is 8.35. The largest absolute Gasteiger partial charge is 0.459 e. The molecule has 6 nitrogen and oxygen atoms in total. The van der Waals surface area contributed by atoms with Gasteiger partial charge in [-0.05, 0) is 36.6 Å². The van der Waals surface area contributed by atoms with Crippen LogP contribution in [0, 0.1) is 5.82 Å². The monoisotopic (exact) mass is 374 g/mol. The van der Waals surface area contributed by atoms with Crippen molar-refractivity contribution in [2.45, 2.75) is 24.9 Å². The third-order valence-electron chi connectivity index (χ3n) is 5.08. The number of likely N-dealkylation sites (tertiary alicyclic amines) is 1. The van der Waals surface area contributed by atoms with Crippen LogP contribution in [0.1, 0.15) is 29.0 Å². The summed E-state index contributed by atoms with van der Waals surface area (Å²) in [6, 6.07) is 9.56. The number of furan rings is 1. The summed E-state index contributed by atoms with van der Waals surface area (Å²) in [7, 11) is 1.61. The number of piperidine rings is 1. The summed E-state index contributed by atoms with van der Waals surface area (Å²) in [5.74, 6) is -0.521. The molecule has 2 amide bonds. The van der Waals surface area contributed by atoms with Crippen molar-refractivity contribution < 1.29 is 23.1 Å². The van der Waals surface area contributed by atoms with E-state index in [-0.39, 0.29) is 29.8 Å². The summed E-state index contributed by atoms with van der Waals surface area (Å²) >= 11 is 0. The number of hydrogen-bond donors (Lipinski definition) is 1. The van der Waals surface area contributed by atoms with Gasteiger partial charge < -0.3 is 19.4 Å². The van der Waals surface area contributed by atoms with E-state index < -0.39 is 5.60 Å². The van der Waals surface area contributed by atoms with Gasteiger partial charge in [0, 0.05) is 26.7 Å². The van der Waals surface area contributed by atoms with Gasteiger partial charge in [-0.2, -0.15) is 0 Å². The van der Waals surface area contributed by atoms with Gasteiger partial charge in [-0.3, -0.25) is 9.59 Å². The first kappa shape index (κ1) is 19.1. The van der Waals surface area contributed by atoms with Crippen molar-refractivity contribution in [3.8, 4) is 0 Å². The molecule has 27 heavy (non-hydrogen) atoms. The lowest BCUT2D eigenvalue weighted by Gasteiger charge is -2.41. The van der Waals surface area contributed by atoms with Gasteiger partial charge in [0.2, 0.25) is 5.91 Å². The van der Waals surface area contributed by atoms with E-state index in [2.05, 4.69) is 5.32 Å². The minimum Gasteiger partial charge on any atom is -0.459 e. The SMILES string of the molecule is COC1(CNC(=O)c2ccco2)CCN(C(=O)Cc2ccccc2F)CC1. The first-order valence-corrected chi connectivity index (χ1v) is 8.91. The number of methoxy groups -OCH3 is 1. The molecule has 2 heterocycles. The summed E-state index contributed by atoms with van der Waals surface area (Å²) in [6.07, 6.45) is 2.67. The molecule has 0 saturated carbocycles. The van der Waals surface area contributed by atoms with Gasteiger partial charge in [-0.1, -0.05) is 18.2 Å². The molecule has 1 aromatic carbocycles. The second-order valence-corrected chi connectivity index (χ2v) is 6.70. The van der Waals surface area contributed by atoms with E-state index in [1.54, 1.807) is 42.3 Å². The average molecular weight is 374 g/mol. The maximum Gasteiger partial charge on any atom is 0.287 e. The molecular weight excluding hydrogens is 351 g/mol. The molecule has 1 aromatic heterocycles. The number of carbonyl (C=O) groups excluding carboxylic acids is 2. The zero-order valence-electron chi connectivity index (χ0n) is 15.2. The minimum atomic E-state index is -0.531. The lowest BCUT2D eigenvalue weighted by molar-refractivity contribution is -0.135. The number of hydrogen-bond acceptors (Lipinski definition) is 4. The van der Waals surface area contributed by atoms with Crippen molar-refractivity contribution in [2.75, 3.05) is 26.7 Å². The number of ether oxygens (including phenoxy) is 1. The van der Waals surface area contributed by atoms with Crippen molar-refractivity contribution in [1.82, 2.24) is 10.2 Å². The molecule has 0 radical (unpaired) electrons. The van der Waals surface area contributed by atoms with Crippen LogP contribution in [0.2, 0.25) is 0 Å². The Morgan fingerprint density at radius 3 is 2.59 bits per heavy atom. The second-order valence-electron chi connectivity index (χ2n) is 6.70. The molecule has 1 fully saturated rings. The number of nitrogens with zero attached hydrogens (tertiary/aromatic N) is 1. The van der Waals surface area contributed by atoms with Gasteiger partial charge in [-0.25, -0.2) is 4.39 Å². The average Bonchev–Trinajstić information content (AvgIpc) is 3.23. The van der Waals surface area contributed by atoms with Gasteiger partial charge in [0.1, 0.15) is 5.82 Å². The Kier molecular flexibility index (Phi) is 5.91. The normalized spacial score (nSPS) is 16.1. The fourth-order valence-corrected chi connectivity index (χ4v) is 3.27. The van der Waals surface area contributed by atoms with Crippen LogP contribution in [-0.4, -0.2) is 49.1 Å². The minimum absolute atomic E-state index is 0.0435. The van der Waals surface area contributed by atoms with E-state index >= 15 is 0 Å². The molecule has 7 heteroatoms. The van der Waals surface area contributed by atoms with E-state index in [1.165, 1.54) is 12.3 Å². The first-order chi connectivity index (χ1) is 13.0. The fraction of sp³-hybridized carbons (Fsp3) is 0.400. The summed E-state index contributed by atoms with van der Waals surface area (Å²) in [5, 5.41) is 2.83. The number of amides is 2. The van der Waals surface area contributed by atoms with Crippen molar-refractivity contribution in [1.29, 1.82) is 0 Å². The van der Waals surface area contributed by atoms with Gasteiger partial charge in [0.15, 0.2) is 5.76 Å². The summed E-state index contributed by atoms with van der Waals surface area (Å²) < 4.78 is 24.5. The molecule has 2 aromatic rings. The molecule has 1 aliphatic rings. The highest BCUT2D eigenvalue weighted by Crippen LogP contribution is 2.26. The lowest BCUT2D eigenvalue weighted by atomic mass is 9.90. The molecule has 1 N–H and O–H groups in total. The molecule has 0 bridgehead atoms. The van der Waals surface area contributed by atoms with E-state index in [9.17, 15) is 14.0 Å². The van der Waals surface area contributed by atoms with E-state index in [4.69, 9.17) is 9.15 Å². The quantitative estimate of drug-likeness (QED) is 0.843. The number of halogens is 1. The molecular formula is C20H23FN2O4. The fourth-order valence-electron chi connectivity index (χ4n) is 3.27. The highest BCUT2D eigenvalue weighted by Gasteiger charge is 2.36. The Bertz CT molecular complexity index is 783. The Morgan fingerprint density at radius 2 is 1.96 bits per heavy atom. The molecule has 144 valence electrons. The molecule has 0 aliphatic carbocycles. The first-order valence-electron chi connectivity index (χ1n) is 8.91. The van der Waals surface area contributed by atoms with Crippen LogP contribution in [0.4, 0.5) is 4.39 Å². The van der Waals surface area contributed by atoms with Crippen molar-refractivity contribution in [3.05, 3.63) is 59.8 Å². The van der Waals surface area contributed by atoms with Crippen molar-refractivity contribution >= 4 is 11.8 Å². The number of nitrogens with one attached hydrogen (secondary N) is 1. The van der Waals surface area contributed by atoms with E-state index in [0.29, 0.717) is 38.0 Å². The zero-order valence-corrected chi connectivity index (χ0v) is 15.2. The zero-order chi connectivity index (χ0) is 19.3. The summed E-state index contributed by atoms with van der Waals surface area (Å²) in [4.78, 5) is 26.3. The van der Waals surface area contributed by atoms with Crippen LogP contribution < -0.4 is 5.32 Å². The number of carbonyl (C=O) groups is 2. The van der Waals surface area contributed by atoms with Crippen LogP contribution in [0.3, 0.4) is 0 Å². The Morgan fingerprint density at radius 1 is 1.22 bits per heavy atom. The standard InChI is InChI=1S/C20H23FN2O4/c1-26-20(14-22-19(25)17-7-4-12-27-17)8-10-23(11-9-20)18(24)13-15-5-2-3-6-16(15)21/h2-7,12H,8-11,13-14H2,1H3,(H,22,25). The summed E-state index contributed by atoms with van der Waals surface area (Å²) in [6.45, 7) is 1.33. The van der Waals surface area contributed by atoms with E-state index in [1.807, 2.05) is 0 Å². The number of rotatable bonds is 6. The molecule has 3 rings (SSSR count). The van der Waals surface area contributed by atoms with Crippen LogP contribution >= 0.6 is 0 Å². The van der Waals surface area contributed by atoms with Crippen LogP contribution in [0.5, 0.6) is 0 Å². The van der Waals surface area contributed by atoms with Gasteiger partial charge in [0.25, 0.3) is 5.91 Å². The van der Waals surface area contributed by atoms with Crippen LogP contribution in [0.25, 0.3) is 0 Å². The lowest BCUT2D eigenvalue weighted by Crippen LogP contribution is -2.53. The van der Waals surface area contributed by atoms with Gasteiger partial charge in [0.05, 0.1) is 18.3 Å². The smallest absolute Gasteiger partial charge is 0.287 e. The highest BCUT2D eigenvalue weighted by atomic mass is 19.1. The van der Waals surface area contributed by atoms with Crippen molar-refractivity contribution in [2.24, 2.45) is 0 Å². The Hall–Kier alpha value is -2.67. The molecule has 1 saturated heterocycles. The van der Waals surface area contributed by atoms with Crippen molar-refractivity contribution in [3.63, 3.8) is 0 Å². The predicted octanol–water partition coefficient (Wildman–Crippen LogP) is 2.40. The maximum absolute atomic E-state index is 13.7. The topological polar surface area (TPSA) is 71.8 Å². The Labute approximate surface area is 157 Å². The number of benzene rings is 1. The van der Waals surface area contributed by atoms with Gasteiger partial charge >= 0.3 is 0 Å². The molecule has 0 unspecified atom stereocenters. The maximum atomic E-state index is 13.7. The Balaban J connectivity index is 1.53. The molecule has 1 aliphatic heterocycles.